The molecule has 2 unspecified atom stereocenters. The first-order chi connectivity index (χ1) is 8.14. The number of hydrogen-bond acceptors (Lipinski definition) is 2. The topological polar surface area (TPSA) is 45.0 Å². The predicted octanol–water partition coefficient (Wildman–Crippen LogP) is 2.01. The van der Waals surface area contributed by atoms with E-state index in [1.165, 1.54) is 31.6 Å². The summed E-state index contributed by atoms with van der Waals surface area (Å²) in [6.07, 6.45) is 5.68. The average molecular weight is 235 g/mol. The molecule has 1 fully saturated rings. The second-order valence-corrected chi connectivity index (χ2v) is 5.77. The molecule has 1 saturated heterocycles. The van der Waals surface area contributed by atoms with Gasteiger partial charge in [-0.05, 0) is 44.4 Å². The van der Waals surface area contributed by atoms with Crippen molar-refractivity contribution >= 4 is 0 Å². The number of nitrogens with one attached hydrogen (secondary N) is 1. The molecule has 1 aliphatic rings. The van der Waals surface area contributed by atoms with E-state index in [0.29, 0.717) is 0 Å². The fraction of sp³-hybridized carbons (Fsp3) is 0.714. The maximum absolute atomic E-state index is 6.04. The maximum atomic E-state index is 6.04. The van der Waals surface area contributed by atoms with Crippen LogP contribution in [0.5, 0.6) is 0 Å². The van der Waals surface area contributed by atoms with Crippen LogP contribution in [0.15, 0.2) is 18.3 Å². The quantitative estimate of drug-likeness (QED) is 0.838. The highest BCUT2D eigenvalue weighted by atomic mass is 15.2. The Morgan fingerprint density at radius 1 is 1.59 bits per heavy atom. The van der Waals surface area contributed by atoms with Gasteiger partial charge in [0.15, 0.2) is 0 Å². The molecule has 0 saturated carbocycles. The van der Waals surface area contributed by atoms with E-state index in [0.717, 1.165) is 18.9 Å². The number of nitrogens with two attached hydrogens (primary N) is 1. The molecular weight excluding hydrogens is 210 g/mol. The summed E-state index contributed by atoms with van der Waals surface area (Å²) in [5.74, 6) is 0.804. The van der Waals surface area contributed by atoms with Crippen LogP contribution in [0.4, 0.5) is 0 Å². The van der Waals surface area contributed by atoms with Crippen molar-refractivity contribution < 1.29 is 0 Å². The minimum atomic E-state index is 0.0968. The summed E-state index contributed by atoms with van der Waals surface area (Å²) in [6, 6.07) is 4.21. The number of likely N-dealkylation sites (tertiary alicyclic amines) is 1. The van der Waals surface area contributed by atoms with Crippen LogP contribution < -0.4 is 5.73 Å². The van der Waals surface area contributed by atoms with Crippen molar-refractivity contribution in [1.82, 2.24) is 9.88 Å². The van der Waals surface area contributed by atoms with Gasteiger partial charge in [-0.1, -0.05) is 6.92 Å². The van der Waals surface area contributed by atoms with E-state index in [-0.39, 0.29) is 5.54 Å². The minimum Gasteiger partial charge on any atom is -0.365 e. The van der Waals surface area contributed by atoms with Gasteiger partial charge in [0.1, 0.15) is 0 Å². The highest BCUT2D eigenvalue weighted by molar-refractivity contribution is 5.09. The first-order valence-electron chi connectivity index (χ1n) is 6.71. The fourth-order valence-corrected chi connectivity index (χ4v) is 2.88. The van der Waals surface area contributed by atoms with E-state index in [2.05, 4.69) is 35.9 Å². The lowest BCUT2D eigenvalue weighted by atomic mass is 9.89. The first-order valence-corrected chi connectivity index (χ1v) is 6.71. The fourth-order valence-electron chi connectivity index (χ4n) is 2.88. The van der Waals surface area contributed by atoms with Gasteiger partial charge in [-0.2, -0.15) is 0 Å². The van der Waals surface area contributed by atoms with Gasteiger partial charge in [-0.3, -0.25) is 4.90 Å². The van der Waals surface area contributed by atoms with Gasteiger partial charge in [0, 0.05) is 36.9 Å². The van der Waals surface area contributed by atoms with Crippen LogP contribution in [-0.4, -0.2) is 35.1 Å². The smallest absolute Gasteiger partial charge is 0.0358 e. The van der Waals surface area contributed by atoms with Crippen molar-refractivity contribution in [2.75, 3.05) is 19.6 Å². The molecular formula is C14H25N3. The second-order valence-electron chi connectivity index (χ2n) is 5.77. The SMILES string of the molecule is CC1CCCN(C(C)(CN)Cc2ccc[nH]2)C1. The van der Waals surface area contributed by atoms with E-state index in [1.807, 2.05) is 6.20 Å². The normalized spacial score (nSPS) is 25.7. The van der Waals surface area contributed by atoms with Crippen LogP contribution in [0, 0.1) is 5.92 Å². The molecule has 2 rings (SSSR count). The lowest BCUT2D eigenvalue weighted by Gasteiger charge is -2.44. The Hall–Kier alpha value is -0.800. The third-order valence-corrected chi connectivity index (χ3v) is 4.09. The van der Waals surface area contributed by atoms with Crippen LogP contribution >= 0.6 is 0 Å². The van der Waals surface area contributed by atoms with Crippen molar-refractivity contribution in [1.29, 1.82) is 0 Å². The van der Waals surface area contributed by atoms with Gasteiger partial charge in [-0.25, -0.2) is 0 Å². The summed E-state index contributed by atoms with van der Waals surface area (Å²) < 4.78 is 0. The molecule has 17 heavy (non-hydrogen) atoms. The molecule has 3 heteroatoms. The number of rotatable bonds is 4. The molecule has 2 atom stereocenters. The molecule has 2 heterocycles. The zero-order valence-electron chi connectivity index (χ0n) is 11.1. The molecule has 96 valence electrons. The first kappa shape index (κ1) is 12.7. The Labute approximate surface area is 104 Å². The number of piperidine rings is 1. The molecule has 0 aromatic carbocycles. The van der Waals surface area contributed by atoms with Crippen LogP contribution in [0.3, 0.4) is 0 Å². The standard InChI is InChI=1S/C14H25N3/c1-12-5-4-8-17(10-12)14(2,11-15)9-13-6-3-7-16-13/h3,6-7,12,16H,4-5,8-11,15H2,1-2H3. The summed E-state index contributed by atoms with van der Waals surface area (Å²) in [4.78, 5) is 5.88. The lowest BCUT2D eigenvalue weighted by molar-refractivity contribution is 0.0636. The van der Waals surface area contributed by atoms with Crippen LogP contribution in [-0.2, 0) is 6.42 Å². The number of aromatic nitrogens is 1. The summed E-state index contributed by atoms with van der Waals surface area (Å²) in [5, 5.41) is 0. The third kappa shape index (κ3) is 2.90. The average Bonchev–Trinajstić information content (AvgIpc) is 2.81. The summed E-state index contributed by atoms with van der Waals surface area (Å²) >= 11 is 0. The van der Waals surface area contributed by atoms with Crippen molar-refractivity contribution in [3.05, 3.63) is 24.0 Å². The maximum Gasteiger partial charge on any atom is 0.0358 e. The third-order valence-electron chi connectivity index (χ3n) is 4.09. The molecule has 0 aliphatic carbocycles. The Bertz CT molecular complexity index is 333. The van der Waals surface area contributed by atoms with E-state index < -0.39 is 0 Å². The number of aromatic amines is 1. The molecule has 0 spiro atoms. The molecule has 3 nitrogen and oxygen atoms in total. The highest BCUT2D eigenvalue weighted by Crippen LogP contribution is 2.26. The van der Waals surface area contributed by atoms with Gasteiger partial charge in [0.25, 0.3) is 0 Å². The Morgan fingerprint density at radius 3 is 3.00 bits per heavy atom. The molecule has 0 amide bonds. The molecule has 1 aliphatic heterocycles. The van der Waals surface area contributed by atoms with E-state index in [9.17, 15) is 0 Å². The van der Waals surface area contributed by atoms with Crippen molar-refractivity contribution in [2.45, 2.75) is 38.6 Å². The van der Waals surface area contributed by atoms with Gasteiger partial charge < -0.3 is 10.7 Å². The van der Waals surface area contributed by atoms with E-state index in [4.69, 9.17) is 5.73 Å². The van der Waals surface area contributed by atoms with Crippen LogP contribution in [0.2, 0.25) is 0 Å². The number of H-pyrrole nitrogens is 1. The molecule has 0 radical (unpaired) electrons. The van der Waals surface area contributed by atoms with Gasteiger partial charge >= 0.3 is 0 Å². The van der Waals surface area contributed by atoms with Gasteiger partial charge in [-0.15, -0.1) is 0 Å². The Balaban J connectivity index is 2.07. The molecule has 3 N–H and O–H groups in total. The predicted molar refractivity (Wildman–Crippen MR) is 71.9 cm³/mol. The number of nitrogens with zero attached hydrogens (tertiary/aromatic N) is 1. The van der Waals surface area contributed by atoms with Crippen molar-refractivity contribution in [3.63, 3.8) is 0 Å². The lowest BCUT2D eigenvalue weighted by Crippen LogP contribution is -2.56. The van der Waals surface area contributed by atoms with E-state index >= 15 is 0 Å². The molecule has 1 aromatic heterocycles. The minimum absolute atomic E-state index is 0.0968. The van der Waals surface area contributed by atoms with Gasteiger partial charge in [0.05, 0.1) is 0 Å². The molecule has 1 aromatic rings. The summed E-state index contributed by atoms with van der Waals surface area (Å²) in [5.41, 5.74) is 7.43. The van der Waals surface area contributed by atoms with Crippen molar-refractivity contribution in [2.24, 2.45) is 11.7 Å². The number of hydrogen-bond donors (Lipinski definition) is 2. The summed E-state index contributed by atoms with van der Waals surface area (Å²) in [7, 11) is 0. The summed E-state index contributed by atoms with van der Waals surface area (Å²) in [6.45, 7) is 7.75. The monoisotopic (exact) mass is 235 g/mol. The zero-order valence-corrected chi connectivity index (χ0v) is 11.1. The molecule has 0 bridgehead atoms. The van der Waals surface area contributed by atoms with E-state index in [1.54, 1.807) is 0 Å². The largest absolute Gasteiger partial charge is 0.365 e. The van der Waals surface area contributed by atoms with Crippen molar-refractivity contribution in [3.8, 4) is 0 Å². The Kier molecular flexibility index (Phi) is 3.89. The van der Waals surface area contributed by atoms with Crippen LogP contribution in [0.25, 0.3) is 0 Å². The van der Waals surface area contributed by atoms with Crippen LogP contribution in [0.1, 0.15) is 32.4 Å². The Morgan fingerprint density at radius 2 is 2.41 bits per heavy atom. The zero-order chi connectivity index (χ0) is 12.3. The second kappa shape index (κ2) is 5.23. The highest BCUT2D eigenvalue weighted by Gasteiger charge is 2.33. The van der Waals surface area contributed by atoms with Gasteiger partial charge in [0.2, 0.25) is 0 Å².